The van der Waals surface area contributed by atoms with Crippen LogP contribution in [0.5, 0.6) is 0 Å². The lowest BCUT2D eigenvalue weighted by atomic mass is 10.0. The van der Waals surface area contributed by atoms with Gasteiger partial charge in [-0.25, -0.2) is 14.0 Å². The van der Waals surface area contributed by atoms with Gasteiger partial charge in [-0.3, -0.25) is 23.9 Å². The maximum absolute atomic E-state index is 15.0. The van der Waals surface area contributed by atoms with Crippen molar-refractivity contribution in [2.75, 3.05) is 11.4 Å². The predicted octanol–water partition coefficient (Wildman–Crippen LogP) is 1.46. The van der Waals surface area contributed by atoms with Crippen LogP contribution in [0.3, 0.4) is 0 Å². The molecule has 2 heterocycles. The Hall–Kier alpha value is -4.84. The number of nitrogens with one attached hydrogen (secondary N) is 1. The first-order valence-corrected chi connectivity index (χ1v) is 12.3. The monoisotopic (exact) mass is 549 g/mol. The molecule has 2 amide bonds. The van der Waals surface area contributed by atoms with Crippen LogP contribution in [0.25, 0.3) is 17.2 Å². The van der Waals surface area contributed by atoms with Gasteiger partial charge in [0.25, 0.3) is 5.56 Å². The first-order chi connectivity index (χ1) is 19.0. The second kappa shape index (κ2) is 11.5. The quantitative estimate of drug-likeness (QED) is 0.405. The van der Waals surface area contributed by atoms with Crippen molar-refractivity contribution in [2.45, 2.75) is 25.6 Å². The van der Waals surface area contributed by atoms with Gasteiger partial charge in [0, 0.05) is 38.5 Å². The van der Waals surface area contributed by atoms with Gasteiger partial charge in [0.1, 0.15) is 23.7 Å². The Kier molecular flexibility index (Phi) is 8.10. The molecule has 40 heavy (non-hydrogen) atoms. The third-order valence-corrected chi connectivity index (χ3v) is 6.59. The number of carbonyl (C=O) groups is 3. The third-order valence-electron chi connectivity index (χ3n) is 6.59. The normalized spacial score (nSPS) is 15.8. The molecule has 2 aromatic carbocycles. The van der Waals surface area contributed by atoms with Crippen LogP contribution >= 0.6 is 0 Å². The van der Waals surface area contributed by atoms with Gasteiger partial charge in [0.2, 0.25) is 5.91 Å². The zero-order valence-corrected chi connectivity index (χ0v) is 22.1. The minimum atomic E-state index is -0.952. The maximum Gasteiger partial charge on any atom is 0.414 e. The van der Waals surface area contributed by atoms with Crippen LogP contribution < -0.4 is 27.2 Å². The highest BCUT2D eigenvalue weighted by atomic mass is 19.1. The van der Waals surface area contributed by atoms with Crippen molar-refractivity contribution < 1.29 is 23.5 Å². The third kappa shape index (κ3) is 5.91. The van der Waals surface area contributed by atoms with Gasteiger partial charge >= 0.3 is 11.8 Å². The number of rotatable bonds is 8. The Morgan fingerprint density at radius 2 is 1.85 bits per heavy atom. The maximum atomic E-state index is 15.0. The molecule has 11 nitrogen and oxygen atoms in total. The summed E-state index contributed by atoms with van der Waals surface area (Å²) in [4.78, 5) is 61.2. The molecular formula is C28H28FN5O6. The summed E-state index contributed by atoms with van der Waals surface area (Å²) >= 11 is 0. The van der Waals surface area contributed by atoms with Gasteiger partial charge in [0.05, 0.1) is 17.8 Å². The van der Waals surface area contributed by atoms with Crippen LogP contribution in [0.4, 0.5) is 14.9 Å². The lowest BCUT2D eigenvalue weighted by Gasteiger charge is -2.16. The summed E-state index contributed by atoms with van der Waals surface area (Å²) in [5.74, 6) is -1.30. The molecule has 1 unspecified atom stereocenters. The van der Waals surface area contributed by atoms with Crippen LogP contribution in [-0.2, 0) is 35.0 Å². The molecule has 12 heteroatoms. The molecule has 3 aromatic rings. The van der Waals surface area contributed by atoms with E-state index in [0.29, 0.717) is 11.1 Å². The first-order valence-electron chi connectivity index (χ1n) is 12.3. The molecule has 0 bridgehead atoms. The fraction of sp³-hybridized carbons (Fsp3) is 0.250. The molecular weight excluding hydrogens is 521 g/mol. The van der Waals surface area contributed by atoms with Crippen molar-refractivity contribution in [1.29, 1.82) is 0 Å². The number of aromatic nitrogens is 2. The number of anilines is 1. The summed E-state index contributed by atoms with van der Waals surface area (Å²) in [5.41, 5.74) is 6.95. The van der Waals surface area contributed by atoms with Crippen molar-refractivity contribution >= 4 is 29.5 Å². The molecule has 1 aromatic heterocycles. The topological polar surface area (TPSA) is 146 Å². The number of benzene rings is 2. The van der Waals surface area contributed by atoms with E-state index < -0.39 is 41.2 Å². The number of ether oxygens (including phenoxy) is 1. The lowest BCUT2D eigenvalue weighted by molar-refractivity contribution is -0.120. The van der Waals surface area contributed by atoms with Crippen LogP contribution in [0, 0.1) is 5.82 Å². The molecule has 1 fully saturated rings. The average Bonchev–Trinajstić information content (AvgIpc) is 3.33. The van der Waals surface area contributed by atoms with Gasteiger partial charge in [-0.15, -0.1) is 0 Å². The Morgan fingerprint density at radius 1 is 1.15 bits per heavy atom. The number of cyclic esters (lactones) is 1. The van der Waals surface area contributed by atoms with Crippen molar-refractivity contribution in [2.24, 2.45) is 19.8 Å². The molecule has 1 saturated heterocycles. The van der Waals surface area contributed by atoms with E-state index in [1.807, 2.05) is 0 Å². The Labute approximate surface area is 228 Å². The number of amides is 2. The SMILES string of the molecule is CC(=O)[C@@H](N)C1CN(c2ccc(-c3ccc(CNC(=O)/C=C/c4cn(C)c(=O)n(C)c4=O)cc3)c(F)c2)C(=O)O1. The van der Waals surface area contributed by atoms with Crippen molar-refractivity contribution in [3.63, 3.8) is 0 Å². The second-order valence-corrected chi connectivity index (χ2v) is 9.42. The number of nitrogens with zero attached hydrogens (tertiary/aromatic N) is 3. The van der Waals surface area contributed by atoms with Crippen molar-refractivity contribution in [1.82, 2.24) is 14.5 Å². The van der Waals surface area contributed by atoms with Crippen LogP contribution in [0.15, 0.2) is 64.3 Å². The fourth-order valence-corrected chi connectivity index (χ4v) is 4.22. The largest absolute Gasteiger partial charge is 0.442 e. The zero-order chi connectivity index (χ0) is 29.1. The van der Waals surface area contributed by atoms with Gasteiger partial charge in [-0.2, -0.15) is 0 Å². The predicted molar refractivity (Wildman–Crippen MR) is 146 cm³/mol. The number of carbonyl (C=O) groups excluding carboxylic acids is 3. The minimum Gasteiger partial charge on any atom is -0.442 e. The summed E-state index contributed by atoms with van der Waals surface area (Å²) < 4.78 is 22.4. The summed E-state index contributed by atoms with van der Waals surface area (Å²) in [6.07, 6.45) is 2.39. The van der Waals surface area contributed by atoms with Crippen LogP contribution in [-0.4, -0.2) is 45.6 Å². The molecule has 2 atom stereocenters. The van der Waals surface area contributed by atoms with Gasteiger partial charge in [-0.05, 0) is 42.3 Å². The Morgan fingerprint density at radius 3 is 2.50 bits per heavy atom. The number of hydrogen-bond acceptors (Lipinski definition) is 7. The lowest BCUT2D eigenvalue weighted by Crippen LogP contribution is -2.43. The molecule has 0 saturated carbocycles. The van der Waals surface area contributed by atoms with E-state index >= 15 is 4.39 Å². The molecule has 1 aliphatic heterocycles. The fourth-order valence-electron chi connectivity index (χ4n) is 4.22. The number of halogens is 1. The Balaban J connectivity index is 1.38. The Bertz CT molecular complexity index is 1630. The van der Waals surface area contributed by atoms with Gasteiger partial charge in [-0.1, -0.05) is 24.3 Å². The summed E-state index contributed by atoms with van der Waals surface area (Å²) in [6.45, 7) is 1.54. The summed E-state index contributed by atoms with van der Waals surface area (Å²) in [7, 11) is 2.87. The molecule has 0 radical (unpaired) electrons. The van der Waals surface area contributed by atoms with E-state index in [2.05, 4.69) is 5.32 Å². The second-order valence-electron chi connectivity index (χ2n) is 9.42. The molecule has 1 aliphatic rings. The molecule has 4 rings (SSSR count). The summed E-state index contributed by atoms with van der Waals surface area (Å²) in [5, 5.41) is 2.70. The molecule has 3 N–H and O–H groups in total. The van der Waals surface area contributed by atoms with Crippen molar-refractivity contribution in [3.8, 4) is 11.1 Å². The van der Waals surface area contributed by atoms with Crippen LogP contribution in [0.1, 0.15) is 18.1 Å². The highest BCUT2D eigenvalue weighted by molar-refractivity contribution is 5.92. The van der Waals surface area contributed by atoms with E-state index in [9.17, 15) is 24.0 Å². The molecule has 0 spiro atoms. The summed E-state index contributed by atoms with van der Waals surface area (Å²) in [6, 6.07) is 10.3. The van der Waals surface area contributed by atoms with Crippen LogP contribution in [0.2, 0.25) is 0 Å². The van der Waals surface area contributed by atoms with E-state index in [4.69, 9.17) is 10.5 Å². The number of nitrogens with two attached hydrogens (primary N) is 1. The number of hydrogen-bond donors (Lipinski definition) is 2. The smallest absolute Gasteiger partial charge is 0.414 e. The van der Waals surface area contributed by atoms with Crippen molar-refractivity contribution in [3.05, 3.63) is 92.5 Å². The minimum absolute atomic E-state index is 0.0374. The highest BCUT2D eigenvalue weighted by Crippen LogP contribution is 2.29. The number of aryl methyl sites for hydroxylation is 1. The highest BCUT2D eigenvalue weighted by Gasteiger charge is 2.37. The van der Waals surface area contributed by atoms with Gasteiger partial charge in [0.15, 0.2) is 0 Å². The first kappa shape index (κ1) is 28.2. The standard InChI is InChI=1S/C28H28FN5O6/c1-16(35)25(30)23-15-34(28(39)40-23)20-9-10-21(22(29)12-20)18-6-4-17(5-7-18)13-31-24(36)11-8-19-14-32(2)27(38)33(3)26(19)37/h4-12,14,23,25H,13,15,30H2,1-3H3,(H,31,36)/b11-8+/t23?,25-/m1/s1. The van der Waals surface area contributed by atoms with E-state index in [1.54, 1.807) is 36.4 Å². The molecule has 0 aliphatic carbocycles. The zero-order valence-electron chi connectivity index (χ0n) is 22.1. The molecule has 208 valence electrons. The van der Waals surface area contributed by atoms with Gasteiger partial charge < -0.3 is 20.4 Å². The van der Waals surface area contributed by atoms with E-state index in [0.717, 1.165) is 10.1 Å². The number of Topliss-reactive ketones (excluding diaryl/α,β-unsaturated/α-hetero) is 1. The average molecular weight is 550 g/mol. The number of ketones is 1. The van der Waals surface area contributed by atoms with E-state index in [1.165, 1.54) is 54.9 Å². The van der Waals surface area contributed by atoms with E-state index in [-0.39, 0.29) is 30.1 Å².